The van der Waals surface area contributed by atoms with Crippen molar-refractivity contribution < 1.29 is 9.53 Å². The molecule has 0 heterocycles. The fourth-order valence-electron chi connectivity index (χ4n) is 1.06. The second kappa shape index (κ2) is 5.22. The van der Waals surface area contributed by atoms with E-state index in [1.807, 2.05) is 37.3 Å². The first-order valence-electron chi connectivity index (χ1n) is 4.57. The van der Waals surface area contributed by atoms with Crippen LogP contribution in [0.1, 0.15) is 25.5 Å². The van der Waals surface area contributed by atoms with Crippen molar-refractivity contribution in [2.24, 2.45) is 0 Å². The number of ether oxygens (including phenoxy) is 1. The molecule has 0 aliphatic rings. The lowest BCUT2D eigenvalue weighted by Gasteiger charge is -2.10. The van der Waals surface area contributed by atoms with Crippen molar-refractivity contribution in [1.82, 2.24) is 0 Å². The zero-order valence-electron chi connectivity index (χ0n) is 8.44. The third kappa shape index (κ3) is 3.44. The number of carbonyl (C=O) groups excluding carboxylic acids is 1. The first kappa shape index (κ1) is 10.5. The van der Waals surface area contributed by atoms with Crippen molar-refractivity contribution in [2.45, 2.75) is 20.0 Å². The van der Waals surface area contributed by atoms with Crippen molar-refractivity contribution in [2.75, 3.05) is 0 Å². The van der Waals surface area contributed by atoms with Gasteiger partial charge in [0, 0.05) is 6.08 Å². The van der Waals surface area contributed by atoms with Gasteiger partial charge in [-0.3, -0.25) is 4.79 Å². The number of carbonyl (C=O) groups is 1. The minimum Gasteiger partial charge on any atom is -0.494 e. The average Bonchev–Trinajstić information content (AvgIpc) is 2.18. The van der Waals surface area contributed by atoms with Gasteiger partial charge in [-0.1, -0.05) is 30.3 Å². The summed E-state index contributed by atoms with van der Waals surface area (Å²) >= 11 is 0. The van der Waals surface area contributed by atoms with Crippen molar-refractivity contribution in [3.63, 3.8) is 0 Å². The molecule has 74 valence electrons. The second-order valence-corrected chi connectivity index (χ2v) is 3.10. The van der Waals surface area contributed by atoms with Crippen LogP contribution < -0.4 is 0 Å². The molecule has 0 amide bonds. The van der Waals surface area contributed by atoms with Gasteiger partial charge < -0.3 is 4.74 Å². The number of hydrogen-bond acceptors (Lipinski definition) is 2. The maximum Gasteiger partial charge on any atom is 0.155 e. The minimum atomic E-state index is -0.0215. The van der Waals surface area contributed by atoms with Crippen molar-refractivity contribution >= 4 is 5.78 Å². The number of rotatable bonds is 4. The molecule has 0 fully saturated rings. The van der Waals surface area contributed by atoms with E-state index in [1.165, 1.54) is 19.3 Å². The Morgan fingerprint density at radius 2 is 2.00 bits per heavy atom. The molecular formula is C12H14O2. The van der Waals surface area contributed by atoms with Crippen molar-refractivity contribution in [3.05, 3.63) is 48.2 Å². The molecule has 0 N–H and O–H groups in total. The van der Waals surface area contributed by atoms with Crippen molar-refractivity contribution in [3.8, 4) is 0 Å². The Balaban J connectivity index is 2.51. The normalized spacial score (nSPS) is 12.7. The van der Waals surface area contributed by atoms with Gasteiger partial charge in [-0.25, -0.2) is 0 Å². The van der Waals surface area contributed by atoms with E-state index in [9.17, 15) is 4.79 Å². The molecule has 0 aromatic heterocycles. The Morgan fingerprint density at radius 3 is 2.57 bits per heavy atom. The van der Waals surface area contributed by atoms with Crippen LogP contribution in [0.3, 0.4) is 0 Å². The van der Waals surface area contributed by atoms with E-state index >= 15 is 0 Å². The quantitative estimate of drug-likeness (QED) is 0.539. The van der Waals surface area contributed by atoms with Crippen LogP contribution in [0.25, 0.3) is 0 Å². The fourth-order valence-corrected chi connectivity index (χ4v) is 1.06. The molecule has 1 rings (SSSR count). The van der Waals surface area contributed by atoms with Crippen LogP contribution in [0, 0.1) is 0 Å². The molecule has 0 bridgehead atoms. The third-order valence-corrected chi connectivity index (χ3v) is 1.85. The second-order valence-electron chi connectivity index (χ2n) is 3.10. The van der Waals surface area contributed by atoms with Gasteiger partial charge in [0.15, 0.2) is 5.78 Å². The van der Waals surface area contributed by atoms with Gasteiger partial charge in [0.05, 0.1) is 6.26 Å². The summed E-state index contributed by atoms with van der Waals surface area (Å²) in [6, 6.07) is 9.87. The van der Waals surface area contributed by atoms with Gasteiger partial charge in [-0.15, -0.1) is 0 Å². The summed E-state index contributed by atoms with van der Waals surface area (Å²) in [5.74, 6) is -0.00902. The van der Waals surface area contributed by atoms with E-state index in [1.54, 1.807) is 0 Å². The van der Waals surface area contributed by atoms with Crippen LogP contribution in [0.5, 0.6) is 0 Å². The van der Waals surface area contributed by atoms with Crippen LogP contribution in [-0.2, 0) is 9.53 Å². The lowest BCUT2D eigenvalue weighted by Crippen LogP contribution is -1.94. The Labute approximate surface area is 84.2 Å². The SMILES string of the molecule is CC(=O)/C=C/O[C@H](C)c1ccccc1. The first-order chi connectivity index (χ1) is 6.70. The molecule has 0 saturated carbocycles. The Hall–Kier alpha value is -1.57. The molecule has 0 aliphatic carbocycles. The smallest absolute Gasteiger partial charge is 0.155 e. The summed E-state index contributed by atoms with van der Waals surface area (Å²) in [4.78, 5) is 10.6. The molecule has 0 radical (unpaired) electrons. The Kier molecular flexibility index (Phi) is 3.92. The molecule has 0 spiro atoms. The summed E-state index contributed by atoms with van der Waals surface area (Å²) in [5.41, 5.74) is 1.10. The van der Waals surface area contributed by atoms with Crippen LogP contribution >= 0.6 is 0 Å². The minimum absolute atomic E-state index is 0.00902. The van der Waals surface area contributed by atoms with Crippen molar-refractivity contribution in [1.29, 1.82) is 0 Å². The Morgan fingerprint density at radius 1 is 1.36 bits per heavy atom. The molecule has 1 aromatic rings. The third-order valence-electron chi connectivity index (χ3n) is 1.85. The van der Waals surface area contributed by atoms with E-state index < -0.39 is 0 Å². The lowest BCUT2D eigenvalue weighted by molar-refractivity contribution is -0.112. The summed E-state index contributed by atoms with van der Waals surface area (Å²) in [5, 5.41) is 0. The summed E-state index contributed by atoms with van der Waals surface area (Å²) in [7, 11) is 0. The van der Waals surface area contributed by atoms with Gasteiger partial charge in [0.2, 0.25) is 0 Å². The van der Waals surface area contributed by atoms with Crippen LogP contribution in [0.4, 0.5) is 0 Å². The largest absolute Gasteiger partial charge is 0.494 e. The lowest BCUT2D eigenvalue weighted by atomic mass is 10.1. The zero-order valence-corrected chi connectivity index (χ0v) is 8.44. The van der Waals surface area contributed by atoms with Gasteiger partial charge in [0.1, 0.15) is 6.10 Å². The predicted octanol–water partition coefficient (Wildman–Crippen LogP) is 2.87. The monoisotopic (exact) mass is 190 g/mol. The standard InChI is InChI=1S/C12H14O2/c1-10(13)8-9-14-11(2)12-6-4-3-5-7-12/h3-9,11H,1-2H3/b9-8+/t11-/m1/s1. The van der Waals surface area contributed by atoms with E-state index in [2.05, 4.69) is 0 Å². The molecule has 2 heteroatoms. The molecule has 0 saturated heterocycles. The average molecular weight is 190 g/mol. The fraction of sp³-hybridized carbons (Fsp3) is 0.250. The number of hydrogen-bond donors (Lipinski definition) is 0. The van der Waals surface area contributed by atoms with E-state index in [4.69, 9.17) is 4.74 Å². The van der Waals surface area contributed by atoms with Crippen LogP contribution in [0.2, 0.25) is 0 Å². The zero-order chi connectivity index (χ0) is 10.4. The van der Waals surface area contributed by atoms with E-state index in [-0.39, 0.29) is 11.9 Å². The highest BCUT2D eigenvalue weighted by atomic mass is 16.5. The maximum atomic E-state index is 10.6. The van der Waals surface area contributed by atoms with Crippen LogP contribution in [-0.4, -0.2) is 5.78 Å². The topological polar surface area (TPSA) is 26.3 Å². The highest BCUT2D eigenvalue weighted by Gasteiger charge is 2.01. The maximum absolute atomic E-state index is 10.6. The van der Waals surface area contributed by atoms with Gasteiger partial charge in [-0.05, 0) is 19.4 Å². The summed E-state index contributed by atoms with van der Waals surface area (Å²) in [6.45, 7) is 3.44. The molecule has 2 nitrogen and oxygen atoms in total. The number of benzene rings is 1. The summed E-state index contributed by atoms with van der Waals surface area (Å²) < 4.78 is 5.34. The van der Waals surface area contributed by atoms with E-state index in [0.29, 0.717) is 0 Å². The van der Waals surface area contributed by atoms with Crippen LogP contribution in [0.15, 0.2) is 42.7 Å². The Bertz CT molecular complexity index is 314. The highest BCUT2D eigenvalue weighted by Crippen LogP contribution is 2.15. The molecule has 1 aromatic carbocycles. The van der Waals surface area contributed by atoms with E-state index in [0.717, 1.165) is 5.56 Å². The number of ketones is 1. The summed E-state index contributed by atoms with van der Waals surface area (Å²) in [6.07, 6.45) is 2.84. The number of allylic oxidation sites excluding steroid dienone is 1. The van der Waals surface area contributed by atoms with Gasteiger partial charge in [0.25, 0.3) is 0 Å². The molecular weight excluding hydrogens is 176 g/mol. The predicted molar refractivity (Wildman–Crippen MR) is 55.8 cm³/mol. The molecule has 0 unspecified atom stereocenters. The van der Waals surface area contributed by atoms with Gasteiger partial charge >= 0.3 is 0 Å². The first-order valence-corrected chi connectivity index (χ1v) is 4.57. The molecule has 14 heavy (non-hydrogen) atoms. The molecule has 0 aliphatic heterocycles. The van der Waals surface area contributed by atoms with Gasteiger partial charge in [-0.2, -0.15) is 0 Å². The molecule has 1 atom stereocenters. The highest BCUT2D eigenvalue weighted by molar-refractivity contribution is 5.86.